The first-order valence-corrected chi connectivity index (χ1v) is 9.83. The number of carbonyl (C=O) groups is 1. The molecule has 0 spiro atoms. The summed E-state index contributed by atoms with van der Waals surface area (Å²) in [7, 11) is 1.64. The predicted octanol–water partition coefficient (Wildman–Crippen LogP) is 4.14. The van der Waals surface area contributed by atoms with Gasteiger partial charge in [-0.05, 0) is 46.6 Å². The Bertz CT molecular complexity index is 754. The predicted molar refractivity (Wildman–Crippen MR) is 102 cm³/mol. The number of rotatable bonds is 5. The highest BCUT2D eigenvalue weighted by Gasteiger charge is 2.31. The van der Waals surface area contributed by atoms with Gasteiger partial charge in [0.1, 0.15) is 11.1 Å². The van der Waals surface area contributed by atoms with Gasteiger partial charge in [-0.1, -0.05) is 6.07 Å². The number of halogens is 1. The highest BCUT2D eigenvalue weighted by molar-refractivity contribution is 9.10. The molecule has 1 aromatic carbocycles. The van der Waals surface area contributed by atoms with Crippen molar-refractivity contribution in [2.45, 2.75) is 12.3 Å². The molecule has 1 unspecified atom stereocenters. The molecule has 2 aromatic rings. The van der Waals surface area contributed by atoms with Gasteiger partial charge in [0.05, 0.1) is 23.8 Å². The molecule has 1 amide bonds. The van der Waals surface area contributed by atoms with Crippen molar-refractivity contribution in [2.75, 3.05) is 26.0 Å². The van der Waals surface area contributed by atoms with E-state index in [0.717, 1.165) is 21.5 Å². The van der Waals surface area contributed by atoms with E-state index >= 15 is 0 Å². The van der Waals surface area contributed by atoms with Gasteiger partial charge in [0.25, 0.3) is 5.91 Å². The maximum atomic E-state index is 12.9. The molecule has 1 fully saturated rings. The van der Waals surface area contributed by atoms with Crippen LogP contribution < -0.4 is 9.47 Å². The lowest BCUT2D eigenvalue weighted by Crippen LogP contribution is -2.30. The third-order valence-corrected chi connectivity index (χ3v) is 5.77. The van der Waals surface area contributed by atoms with E-state index in [4.69, 9.17) is 9.47 Å². The smallest absolute Gasteiger partial charge is 0.256 e. The normalized spacial score (nSPS) is 16.8. The second-order valence-corrected chi connectivity index (χ2v) is 7.48. The van der Waals surface area contributed by atoms with Gasteiger partial charge in [0.15, 0.2) is 0 Å². The topological polar surface area (TPSA) is 51.7 Å². The summed E-state index contributed by atoms with van der Waals surface area (Å²) < 4.78 is 11.5. The van der Waals surface area contributed by atoms with Gasteiger partial charge < -0.3 is 14.4 Å². The lowest BCUT2D eigenvalue weighted by atomic mass is 10.1. The zero-order valence-corrected chi connectivity index (χ0v) is 16.5. The molecule has 1 aliphatic heterocycles. The molecule has 0 saturated carbocycles. The fourth-order valence-electron chi connectivity index (χ4n) is 2.70. The van der Waals surface area contributed by atoms with Gasteiger partial charge in [0.2, 0.25) is 5.88 Å². The number of carbonyl (C=O) groups excluding carboxylic acids is 1. The van der Waals surface area contributed by atoms with Crippen molar-refractivity contribution < 1.29 is 14.3 Å². The number of thioether (sulfide) groups is 1. The summed E-state index contributed by atoms with van der Waals surface area (Å²) in [5.74, 6) is 2.20. The van der Waals surface area contributed by atoms with Gasteiger partial charge in [0, 0.05) is 24.6 Å². The number of hydrogen-bond acceptors (Lipinski definition) is 5. The highest BCUT2D eigenvalue weighted by Crippen LogP contribution is 2.41. The van der Waals surface area contributed by atoms with Crippen LogP contribution in [0.3, 0.4) is 0 Å². The Morgan fingerprint density at radius 2 is 2.24 bits per heavy atom. The number of hydrogen-bond donors (Lipinski definition) is 0. The minimum atomic E-state index is -0.0162. The van der Waals surface area contributed by atoms with Crippen LogP contribution in [0.5, 0.6) is 11.6 Å². The molecule has 5 nitrogen and oxygen atoms in total. The molecular weight excluding hydrogens is 404 g/mol. The number of methoxy groups -OCH3 is 1. The van der Waals surface area contributed by atoms with Crippen LogP contribution in [0.2, 0.25) is 0 Å². The molecule has 2 heterocycles. The summed E-state index contributed by atoms with van der Waals surface area (Å²) in [5.41, 5.74) is 1.64. The quantitative estimate of drug-likeness (QED) is 0.724. The molecule has 1 atom stereocenters. The summed E-state index contributed by atoms with van der Waals surface area (Å²) in [5, 5.41) is -0.0127. The van der Waals surface area contributed by atoms with E-state index in [0.29, 0.717) is 24.6 Å². The zero-order chi connectivity index (χ0) is 17.8. The van der Waals surface area contributed by atoms with Gasteiger partial charge in [-0.15, -0.1) is 11.8 Å². The first-order valence-electron chi connectivity index (χ1n) is 7.99. The van der Waals surface area contributed by atoms with Crippen LogP contribution in [0.1, 0.15) is 28.2 Å². The number of aromatic nitrogens is 1. The third kappa shape index (κ3) is 3.93. The van der Waals surface area contributed by atoms with E-state index in [-0.39, 0.29) is 11.3 Å². The molecule has 1 aliphatic rings. The Kier molecular flexibility index (Phi) is 5.86. The van der Waals surface area contributed by atoms with Crippen molar-refractivity contribution in [3.8, 4) is 11.6 Å². The first kappa shape index (κ1) is 18.1. The highest BCUT2D eigenvalue weighted by atomic mass is 79.9. The van der Waals surface area contributed by atoms with Crippen molar-refractivity contribution in [1.82, 2.24) is 9.88 Å². The number of pyridine rings is 1. The molecule has 3 rings (SSSR count). The lowest BCUT2D eigenvalue weighted by Gasteiger charge is -2.24. The van der Waals surface area contributed by atoms with Crippen LogP contribution in [-0.2, 0) is 0 Å². The van der Waals surface area contributed by atoms with Crippen LogP contribution in [0, 0.1) is 0 Å². The van der Waals surface area contributed by atoms with Crippen molar-refractivity contribution in [3.63, 3.8) is 0 Å². The van der Waals surface area contributed by atoms with Gasteiger partial charge in [-0.3, -0.25) is 4.79 Å². The number of ether oxygens (including phenoxy) is 2. The second-order valence-electron chi connectivity index (χ2n) is 5.43. The molecule has 1 saturated heterocycles. The number of nitrogens with zero attached hydrogens (tertiary/aromatic N) is 2. The van der Waals surface area contributed by atoms with Crippen LogP contribution in [0.15, 0.2) is 41.0 Å². The Hall–Kier alpha value is -1.73. The Morgan fingerprint density at radius 3 is 2.88 bits per heavy atom. The molecule has 1 aromatic heterocycles. The van der Waals surface area contributed by atoms with E-state index in [2.05, 4.69) is 20.9 Å². The van der Waals surface area contributed by atoms with E-state index in [1.165, 1.54) is 0 Å². The van der Waals surface area contributed by atoms with Crippen molar-refractivity contribution in [3.05, 3.63) is 52.1 Å². The van der Waals surface area contributed by atoms with Crippen LogP contribution in [0.4, 0.5) is 0 Å². The summed E-state index contributed by atoms with van der Waals surface area (Å²) in [6.07, 6.45) is 1.58. The van der Waals surface area contributed by atoms with Gasteiger partial charge in [-0.2, -0.15) is 0 Å². The van der Waals surface area contributed by atoms with Crippen molar-refractivity contribution in [2.24, 2.45) is 0 Å². The van der Waals surface area contributed by atoms with Gasteiger partial charge >= 0.3 is 0 Å². The standard InChI is InChI=1S/C18H19BrN2O3S/c1-3-24-16-7-5-13(11-20-16)17(22)21-8-9-25-18(21)12-4-6-15(23-2)14(19)10-12/h4-7,10-11,18H,3,8-9H2,1-2H3. The molecule has 0 radical (unpaired) electrons. The molecular formula is C18H19BrN2O3S. The summed E-state index contributed by atoms with van der Waals surface area (Å²) in [6.45, 7) is 3.17. The monoisotopic (exact) mass is 422 g/mol. The van der Waals surface area contributed by atoms with Crippen LogP contribution in [-0.4, -0.2) is 41.8 Å². The SMILES string of the molecule is CCOc1ccc(C(=O)N2CCSC2c2ccc(OC)c(Br)c2)cn1. The number of benzene rings is 1. The second kappa shape index (κ2) is 8.10. The molecule has 0 bridgehead atoms. The van der Waals surface area contributed by atoms with Crippen LogP contribution >= 0.6 is 27.7 Å². The minimum absolute atomic E-state index is 0.0127. The lowest BCUT2D eigenvalue weighted by molar-refractivity contribution is 0.0760. The van der Waals surface area contributed by atoms with E-state index in [1.807, 2.05) is 30.0 Å². The molecule has 132 valence electrons. The number of amides is 1. The van der Waals surface area contributed by atoms with E-state index in [9.17, 15) is 4.79 Å². The van der Waals surface area contributed by atoms with Crippen LogP contribution in [0.25, 0.3) is 0 Å². The van der Waals surface area contributed by atoms with Crippen molar-refractivity contribution >= 4 is 33.6 Å². The summed E-state index contributed by atoms with van der Waals surface area (Å²) in [6, 6.07) is 9.43. The average Bonchev–Trinajstić information content (AvgIpc) is 3.11. The molecule has 0 aliphatic carbocycles. The fraction of sp³-hybridized carbons (Fsp3) is 0.333. The first-order chi connectivity index (χ1) is 12.1. The van der Waals surface area contributed by atoms with E-state index < -0.39 is 0 Å². The largest absolute Gasteiger partial charge is 0.496 e. The fourth-order valence-corrected chi connectivity index (χ4v) is 4.50. The van der Waals surface area contributed by atoms with E-state index in [1.54, 1.807) is 37.2 Å². The molecule has 7 heteroatoms. The maximum absolute atomic E-state index is 12.9. The Labute approximate surface area is 159 Å². The zero-order valence-electron chi connectivity index (χ0n) is 14.1. The summed E-state index contributed by atoms with van der Waals surface area (Å²) in [4.78, 5) is 19.0. The maximum Gasteiger partial charge on any atom is 0.256 e. The van der Waals surface area contributed by atoms with Gasteiger partial charge in [-0.25, -0.2) is 4.98 Å². The Balaban J connectivity index is 1.80. The molecule has 25 heavy (non-hydrogen) atoms. The molecule has 0 N–H and O–H groups in total. The average molecular weight is 423 g/mol. The Morgan fingerprint density at radius 1 is 1.40 bits per heavy atom. The third-order valence-electron chi connectivity index (χ3n) is 3.89. The van der Waals surface area contributed by atoms with Crippen molar-refractivity contribution in [1.29, 1.82) is 0 Å². The summed E-state index contributed by atoms with van der Waals surface area (Å²) >= 11 is 5.28. The minimum Gasteiger partial charge on any atom is -0.496 e.